The van der Waals surface area contributed by atoms with E-state index in [1.165, 1.54) is 12.8 Å². The smallest absolute Gasteiger partial charge is 0.130 e. The van der Waals surface area contributed by atoms with Crippen LogP contribution in [0.25, 0.3) is 11.1 Å². The van der Waals surface area contributed by atoms with Crippen LogP contribution in [0.3, 0.4) is 0 Å². The highest BCUT2D eigenvalue weighted by molar-refractivity contribution is 5.72. The van der Waals surface area contributed by atoms with Crippen molar-refractivity contribution in [1.82, 2.24) is 4.90 Å². The summed E-state index contributed by atoms with van der Waals surface area (Å²) in [6.45, 7) is 5.54. The molecular formula is C29H32N2O3. The highest BCUT2D eigenvalue weighted by Crippen LogP contribution is 2.36. The summed E-state index contributed by atoms with van der Waals surface area (Å²) in [7, 11) is 3.36. The molecule has 5 nitrogen and oxygen atoms in total. The van der Waals surface area contributed by atoms with Gasteiger partial charge in [0, 0.05) is 30.8 Å². The fourth-order valence-electron chi connectivity index (χ4n) is 4.72. The van der Waals surface area contributed by atoms with Gasteiger partial charge in [-0.15, -0.1) is 0 Å². The number of methoxy groups -OCH3 is 2. The van der Waals surface area contributed by atoms with Crippen molar-refractivity contribution in [3.05, 3.63) is 77.4 Å². The third-order valence-corrected chi connectivity index (χ3v) is 6.45. The Morgan fingerprint density at radius 3 is 2.38 bits per heavy atom. The quantitative estimate of drug-likeness (QED) is 0.413. The summed E-state index contributed by atoms with van der Waals surface area (Å²) >= 11 is 0. The molecule has 0 bridgehead atoms. The van der Waals surface area contributed by atoms with Gasteiger partial charge in [0.2, 0.25) is 0 Å². The van der Waals surface area contributed by atoms with Crippen LogP contribution in [-0.4, -0.2) is 32.2 Å². The van der Waals surface area contributed by atoms with Gasteiger partial charge in [-0.2, -0.15) is 5.26 Å². The number of likely N-dealkylation sites (tertiary alicyclic amines) is 1. The molecule has 1 atom stereocenters. The van der Waals surface area contributed by atoms with Gasteiger partial charge in [0.05, 0.1) is 25.3 Å². The summed E-state index contributed by atoms with van der Waals surface area (Å²) in [5.74, 6) is 2.87. The third kappa shape index (κ3) is 5.35. The first-order valence-corrected chi connectivity index (χ1v) is 11.8. The molecule has 0 amide bonds. The molecule has 1 unspecified atom stereocenters. The maximum absolute atomic E-state index is 9.88. The van der Waals surface area contributed by atoms with Crippen molar-refractivity contribution in [2.45, 2.75) is 32.9 Å². The lowest BCUT2D eigenvalue weighted by molar-refractivity contribution is 0.173. The summed E-state index contributed by atoms with van der Waals surface area (Å²) in [6.07, 6.45) is 2.50. The molecule has 5 heteroatoms. The Morgan fingerprint density at radius 1 is 1.00 bits per heavy atom. The topological polar surface area (TPSA) is 54.7 Å². The van der Waals surface area contributed by atoms with E-state index in [2.05, 4.69) is 17.9 Å². The zero-order valence-electron chi connectivity index (χ0n) is 20.2. The van der Waals surface area contributed by atoms with Crippen LogP contribution in [0.1, 0.15) is 36.5 Å². The van der Waals surface area contributed by atoms with Crippen molar-refractivity contribution in [2.75, 3.05) is 27.3 Å². The maximum atomic E-state index is 9.88. The molecule has 0 saturated carbocycles. The monoisotopic (exact) mass is 456 g/mol. The zero-order chi connectivity index (χ0) is 23.9. The third-order valence-electron chi connectivity index (χ3n) is 6.45. The number of benzene rings is 3. The Balaban J connectivity index is 1.56. The molecule has 0 aromatic heterocycles. The molecule has 3 aromatic carbocycles. The van der Waals surface area contributed by atoms with Crippen LogP contribution in [0.15, 0.2) is 60.7 Å². The zero-order valence-corrected chi connectivity index (χ0v) is 20.2. The van der Waals surface area contributed by atoms with Crippen molar-refractivity contribution >= 4 is 0 Å². The predicted molar refractivity (Wildman–Crippen MR) is 134 cm³/mol. The van der Waals surface area contributed by atoms with E-state index in [9.17, 15) is 5.26 Å². The van der Waals surface area contributed by atoms with Gasteiger partial charge in [-0.05, 0) is 36.4 Å². The van der Waals surface area contributed by atoms with Gasteiger partial charge in [0.25, 0.3) is 0 Å². The Kier molecular flexibility index (Phi) is 7.72. The molecule has 4 rings (SSSR count). The van der Waals surface area contributed by atoms with Gasteiger partial charge in [-0.25, -0.2) is 0 Å². The first kappa shape index (κ1) is 23.7. The highest BCUT2D eigenvalue weighted by Gasteiger charge is 2.21. The second-order valence-electron chi connectivity index (χ2n) is 8.90. The van der Waals surface area contributed by atoms with Gasteiger partial charge < -0.3 is 14.2 Å². The highest BCUT2D eigenvalue weighted by atomic mass is 16.5. The molecule has 3 aromatic rings. The minimum Gasteiger partial charge on any atom is -0.496 e. The van der Waals surface area contributed by atoms with Gasteiger partial charge in [0.15, 0.2) is 0 Å². The van der Waals surface area contributed by atoms with Gasteiger partial charge in [0.1, 0.15) is 29.9 Å². The predicted octanol–water partition coefficient (Wildman–Crippen LogP) is 6.05. The van der Waals surface area contributed by atoms with Crippen LogP contribution in [-0.2, 0) is 13.2 Å². The van der Waals surface area contributed by atoms with E-state index < -0.39 is 0 Å². The largest absolute Gasteiger partial charge is 0.496 e. The van der Waals surface area contributed by atoms with Crippen LogP contribution in [0, 0.1) is 17.2 Å². The first-order chi connectivity index (χ1) is 16.6. The summed E-state index contributed by atoms with van der Waals surface area (Å²) in [5, 5.41) is 9.88. The fraction of sp³-hybridized carbons (Fsp3) is 0.345. The molecule has 0 N–H and O–H groups in total. The lowest BCUT2D eigenvalue weighted by atomic mass is 9.96. The van der Waals surface area contributed by atoms with Gasteiger partial charge in [-0.3, -0.25) is 4.90 Å². The number of nitriles is 1. The van der Waals surface area contributed by atoms with Crippen molar-refractivity contribution in [1.29, 1.82) is 5.26 Å². The fourth-order valence-corrected chi connectivity index (χ4v) is 4.72. The number of nitrogens with zero attached hydrogens (tertiary/aromatic N) is 2. The number of ether oxygens (including phenoxy) is 3. The molecule has 176 valence electrons. The summed E-state index contributed by atoms with van der Waals surface area (Å²) in [6, 6.07) is 22.0. The van der Waals surface area contributed by atoms with Crippen LogP contribution in [0.5, 0.6) is 17.2 Å². The Labute approximate surface area is 202 Å². The average molecular weight is 457 g/mol. The van der Waals surface area contributed by atoms with E-state index in [0.29, 0.717) is 17.2 Å². The first-order valence-electron chi connectivity index (χ1n) is 11.8. The van der Waals surface area contributed by atoms with Crippen molar-refractivity contribution in [3.63, 3.8) is 0 Å². The van der Waals surface area contributed by atoms with E-state index in [-0.39, 0.29) is 6.61 Å². The van der Waals surface area contributed by atoms with E-state index in [4.69, 9.17) is 14.2 Å². The average Bonchev–Trinajstić information content (AvgIpc) is 2.88. The molecule has 34 heavy (non-hydrogen) atoms. The Bertz CT molecular complexity index is 1130. The van der Waals surface area contributed by atoms with E-state index in [1.54, 1.807) is 14.2 Å². The van der Waals surface area contributed by atoms with Crippen LogP contribution in [0.4, 0.5) is 0 Å². The summed E-state index contributed by atoms with van der Waals surface area (Å²) in [4.78, 5) is 2.46. The van der Waals surface area contributed by atoms with Crippen molar-refractivity contribution < 1.29 is 14.2 Å². The Morgan fingerprint density at radius 2 is 1.74 bits per heavy atom. The molecule has 1 aliphatic heterocycles. The lowest BCUT2D eigenvalue weighted by Crippen LogP contribution is -2.33. The van der Waals surface area contributed by atoms with Crippen LogP contribution < -0.4 is 14.2 Å². The normalized spacial score (nSPS) is 16.0. The number of rotatable bonds is 8. The molecule has 0 radical (unpaired) electrons. The van der Waals surface area contributed by atoms with Crippen molar-refractivity contribution in [2.24, 2.45) is 5.92 Å². The van der Waals surface area contributed by atoms with E-state index >= 15 is 0 Å². The number of hydrogen-bond acceptors (Lipinski definition) is 5. The maximum Gasteiger partial charge on any atom is 0.130 e. The molecule has 0 spiro atoms. The van der Waals surface area contributed by atoms with Gasteiger partial charge in [-0.1, -0.05) is 55.5 Å². The minimum atomic E-state index is 0.277. The van der Waals surface area contributed by atoms with Crippen molar-refractivity contribution in [3.8, 4) is 34.4 Å². The van der Waals surface area contributed by atoms with E-state index in [1.807, 2.05) is 60.7 Å². The molecule has 1 aliphatic rings. The summed E-state index contributed by atoms with van der Waals surface area (Å²) in [5.41, 5.74) is 4.43. The molecule has 1 heterocycles. The number of piperidine rings is 1. The lowest BCUT2D eigenvalue weighted by Gasteiger charge is -2.31. The summed E-state index contributed by atoms with van der Waals surface area (Å²) < 4.78 is 17.6. The molecule has 1 saturated heterocycles. The second kappa shape index (κ2) is 11.1. The second-order valence-corrected chi connectivity index (χ2v) is 8.90. The molecule has 1 fully saturated rings. The minimum absolute atomic E-state index is 0.277. The van der Waals surface area contributed by atoms with Crippen LogP contribution in [0.2, 0.25) is 0 Å². The molecule has 0 aliphatic carbocycles. The molecular weight excluding hydrogens is 424 g/mol. The Hall–Kier alpha value is -3.49. The standard InChI is InChI=1S/C29H32N2O3/c1-21-9-8-14-31(18-21)19-27-28(32-2)15-24(16-29(27)33-3)34-20-23-12-7-13-25(26(23)17-30)22-10-5-4-6-11-22/h4-7,10-13,15-16,21H,8-9,14,18-20H2,1-3H3. The van der Waals surface area contributed by atoms with E-state index in [0.717, 1.165) is 53.4 Å². The van der Waals surface area contributed by atoms with Crippen LogP contribution >= 0.6 is 0 Å². The van der Waals surface area contributed by atoms with Gasteiger partial charge >= 0.3 is 0 Å². The SMILES string of the molecule is COc1cc(OCc2cccc(-c3ccccc3)c2C#N)cc(OC)c1CN1CCCC(C)C1. The number of hydrogen-bond donors (Lipinski definition) is 0.